The summed E-state index contributed by atoms with van der Waals surface area (Å²) in [6, 6.07) is 20.3. The van der Waals surface area contributed by atoms with Gasteiger partial charge in [-0.1, -0.05) is 42.5 Å². The number of amides is 1. The van der Waals surface area contributed by atoms with Crippen LogP contribution in [0, 0.1) is 0 Å². The summed E-state index contributed by atoms with van der Waals surface area (Å²) in [5.41, 5.74) is 3.17. The minimum Gasteiger partial charge on any atom is -0.507 e. The molecular weight excluding hydrogens is 458 g/mol. The van der Waals surface area contributed by atoms with Crippen LogP contribution in [-0.2, 0) is 27.3 Å². The lowest BCUT2D eigenvalue weighted by Gasteiger charge is -2.25. The minimum absolute atomic E-state index is 0.00802. The molecule has 0 bridgehead atoms. The van der Waals surface area contributed by atoms with Crippen molar-refractivity contribution in [2.45, 2.75) is 32.0 Å². The van der Waals surface area contributed by atoms with E-state index in [1.807, 2.05) is 37.3 Å². The van der Waals surface area contributed by atoms with Crippen molar-refractivity contribution < 1.29 is 29.0 Å². The number of ketones is 1. The second-order valence-corrected chi connectivity index (χ2v) is 8.98. The summed E-state index contributed by atoms with van der Waals surface area (Å²) in [5, 5.41) is 11.4. The van der Waals surface area contributed by atoms with Crippen LogP contribution < -0.4 is 4.74 Å². The van der Waals surface area contributed by atoms with Crippen molar-refractivity contribution in [2.75, 3.05) is 7.11 Å². The number of fused-ring (bicyclic) bond motifs is 1. The van der Waals surface area contributed by atoms with Gasteiger partial charge in [-0.2, -0.15) is 0 Å². The molecule has 0 radical (unpaired) electrons. The fourth-order valence-electron chi connectivity index (χ4n) is 4.81. The highest BCUT2D eigenvalue weighted by Crippen LogP contribution is 2.41. The van der Waals surface area contributed by atoms with Crippen LogP contribution in [0.3, 0.4) is 0 Å². The van der Waals surface area contributed by atoms with Crippen LogP contribution in [0.25, 0.3) is 5.76 Å². The molecule has 3 aromatic rings. The van der Waals surface area contributed by atoms with E-state index >= 15 is 0 Å². The fourth-order valence-corrected chi connectivity index (χ4v) is 4.81. The number of aliphatic hydroxyl groups excluding tert-OH is 1. The molecule has 5 rings (SSSR count). The van der Waals surface area contributed by atoms with Gasteiger partial charge >= 0.3 is 5.97 Å². The number of rotatable bonds is 5. The summed E-state index contributed by atoms with van der Waals surface area (Å²) in [6.45, 7) is 2.15. The van der Waals surface area contributed by atoms with E-state index in [4.69, 9.17) is 9.47 Å². The molecule has 1 saturated heterocycles. The molecular formula is C29H25NO6. The molecule has 2 atom stereocenters. The molecule has 0 spiro atoms. The van der Waals surface area contributed by atoms with Gasteiger partial charge in [0.1, 0.15) is 17.6 Å². The highest BCUT2D eigenvalue weighted by molar-refractivity contribution is 6.46. The molecule has 2 heterocycles. The highest BCUT2D eigenvalue weighted by Gasteiger charge is 2.46. The lowest BCUT2D eigenvalue weighted by Crippen LogP contribution is -2.29. The Kier molecular flexibility index (Phi) is 6.06. The zero-order chi connectivity index (χ0) is 25.4. The van der Waals surface area contributed by atoms with Crippen molar-refractivity contribution in [1.82, 2.24) is 4.90 Å². The van der Waals surface area contributed by atoms with Crippen LogP contribution in [0.5, 0.6) is 5.75 Å². The molecule has 2 aliphatic heterocycles. The van der Waals surface area contributed by atoms with Crippen molar-refractivity contribution >= 4 is 23.4 Å². The lowest BCUT2D eigenvalue weighted by molar-refractivity contribution is -0.140. The number of carbonyl (C=O) groups excluding carboxylic acids is 3. The maximum absolute atomic E-state index is 13.3. The fraction of sp³-hybridized carbons (Fsp3) is 0.207. The molecule has 1 N–H and O–H groups in total. The average molecular weight is 484 g/mol. The van der Waals surface area contributed by atoms with Crippen molar-refractivity contribution in [3.8, 4) is 5.75 Å². The third-order valence-corrected chi connectivity index (χ3v) is 6.55. The van der Waals surface area contributed by atoms with Gasteiger partial charge in [0, 0.05) is 18.5 Å². The van der Waals surface area contributed by atoms with E-state index in [0.717, 1.165) is 16.9 Å². The largest absolute Gasteiger partial charge is 0.507 e. The molecule has 0 aromatic heterocycles. The predicted molar refractivity (Wildman–Crippen MR) is 132 cm³/mol. The number of benzene rings is 3. The zero-order valence-corrected chi connectivity index (χ0v) is 19.9. The van der Waals surface area contributed by atoms with Crippen molar-refractivity contribution in [3.05, 3.63) is 106 Å². The molecule has 3 aromatic carbocycles. The van der Waals surface area contributed by atoms with E-state index in [1.54, 1.807) is 42.5 Å². The Bertz CT molecular complexity index is 1380. The van der Waals surface area contributed by atoms with Crippen molar-refractivity contribution in [3.63, 3.8) is 0 Å². The molecule has 182 valence electrons. The highest BCUT2D eigenvalue weighted by atomic mass is 16.5. The van der Waals surface area contributed by atoms with E-state index in [9.17, 15) is 19.5 Å². The van der Waals surface area contributed by atoms with Crippen LogP contribution in [0.2, 0.25) is 0 Å². The monoisotopic (exact) mass is 483 g/mol. The number of hydrogen-bond donors (Lipinski definition) is 1. The van der Waals surface area contributed by atoms with Gasteiger partial charge in [-0.3, -0.25) is 9.59 Å². The molecule has 1 fully saturated rings. The van der Waals surface area contributed by atoms with E-state index in [2.05, 4.69) is 0 Å². The van der Waals surface area contributed by atoms with Gasteiger partial charge in [0.2, 0.25) is 0 Å². The van der Waals surface area contributed by atoms with Gasteiger partial charge in [0.25, 0.3) is 11.7 Å². The van der Waals surface area contributed by atoms with E-state index in [0.29, 0.717) is 23.1 Å². The van der Waals surface area contributed by atoms with Gasteiger partial charge in [0.05, 0.1) is 24.3 Å². The number of methoxy groups -OCH3 is 1. The number of likely N-dealkylation sites (tertiary alicyclic amines) is 1. The number of esters is 1. The van der Waals surface area contributed by atoms with Crippen LogP contribution in [0.4, 0.5) is 0 Å². The Morgan fingerprint density at radius 1 is 1.03 bits per heavy atom. The van der Waals surface area contributed by atoms with Gasteiger partial charge in [-0.15, -0.1) is 0 Å². The molecule has 36 heavy (non-hydrogen) atoms. The number of Topliss-reactive ketones (excluding diaryl/α,β-unsaturated/α-hetero) is 1. The van der Waals surface area contributed by atoms with Crippen LogP contribution in [-0.4, -0.2) is 40.9 Å². The van der Waals surface area contributed by atoms with Crippen molar-refractivity contribution in [1.29, 1.82) is 0 Å². The molecule has 1 amide bonds. The Balaban J connectivity index is 1.62. The third kappa shape index (κ3) is 4.13. The average Bonchev–Trinajstić information content (AvgIpc) is 3.39. The molecule has 0 aliphatic carbocycles. The third-order valence-electron chi connectivity index (χ3n) is 6.55. The molecule has 7 nitrogen and oxygen atoms in total. The van der Waals surface area contributed by atoms with Crippen LogP contribution in [0.15, 0.2) is 78.4 Å². The van der Waals surface area contributed by atoms with Gasteiger partial charge in [0.15, 0.2) is 0 Å². The SMILES string of the molecule is COC(=O)c1ccc(C2C(=C(O)c3ccc4c(c3)CC(C)O4)C(=O)C(=O)N2Cc2ccccc2)cc1. The van der Waals surface area contributed by atoms with Gasteiger partial charge < -0.3 is 19.5 Å². The quantitative estimate of drug-likeness (QED) is 0.250. The first-order valence-corrected chi connectivity index (χ1v) is 11.7. The topological polar surface area (TPSA) is 93.1 Å². The van der Waals surface area contributed by atoms with Crippen molar-refractivity contribution in [2.24, 2.45) is 0 Å². The maximum Gasteiger partial charge on any atom is 0.337 e. The standard InChI is InChI=1S/C29H25NO6/c1-17-14-22-15-21(12-13-23(22)36-17)26(31)24-25(19-8-10-20(11-9-19)29(34)35-2)30(28(33)27(24)32)16-18-6-4-3-5-7-18/h3-13,15,17,25,31H,14,16H2,1-2H3. The number of ether oxygens (including phenoxy) is 2. The Labute approximate surface area is 208 Å². The molecule has 0 saturated carbocycles. The molecule has 2 aliphatic rings. The number of nitrogens with zero attached hydrogens (tertiary/aromatic N) is 1. The molecule has 2 unspecified atom stereocenters. The summed E-state index contributed by atoms with van der Waals surface area (Å²) in [7, 11) is 1.30. The first-order valence-electron chi connectivity index (χ1n) is 11.7. The van der Waals surface area contributed by atoms with Crippen LogP contribution >= 0.6 is 0 Å². The Morgan fingerprint density at radius 2 is 1.72 bits per heavy atom. The van der Waals surface area contributed by atoms with Gasteiger partial charge in [-0.25, -0.2) is 4.79 Å². The first-order chi connectivity index (χ1) is 17.4. The minimum atomic E-state index is -0.833. The maximum atomic E-state index is 13.3. The lowest BCUT2D eigenvalue weighted by atomic mass is 9.93. The van der Waals surface area contributed by atoms with Crippen LogP contribution in [0.1, 0.15) is 45.6 Å². The van der Waals surface area contributed by atoms with Gasteiger partial charge in [-0.05, 0) is 53.9 Å². The number of carbonyl (C=O) groups is 3. The van der Waals surface area contributed by atoms with E-state index in [1.165, 1.54) is 12.0 Å². The number of aliphatic hydroxyl groups is 1. The summed E-state index contributed by atoms with van der Waals surface area (Å²) in [4.78, 5) is 39.9. The second-order valence-electron chi connectivity index (χ2n) is 8.98. The summed E-state index contributed by atoms with van der Waals surface area (Å²) in [5.74, 6) is -1.43. The smallest absolute Gasteiger partial charge is 0.337 e. The van der Waals surface area contributed by atoms with E-state index in [-0.39, 0.29) is 24.0 Å². The summed E-state index contributed by atoms with van der Waals surface area (Å²) >= 11 is 0. The normalized spacial score (nSPS) is 20.2. The first kappa shape index (κ1) is 23.4. The predicted octanol–water partition coefficient (Wildman–Crippen LogP) is 4.42. The molecule has 7 heteroatoms. The summed E-state index contributed by atoms with van der Waals surface area (Å²) in [6.07, 6.45) is 0.721. The van der Waals surface area contributed by atoms with E-state index < -0.39 is 23.7 Å². The summed E-state index contributed by atoms with van der Waals surface area (Å²) < 4.78 is 10.5. The number of hydrogen-bond acceptors (Lipinski definition) is 6. The Hall–Kier alpha value is -4.39. The second kappa shape index (κ2) is 9.34. The zero-order valence-electron chi connectivity index (χ0n) is 19.9. The Morgan fingerprint density at radius 3 is 2.42 bits per heavy atom.